The van der Waals surface area contributed by atoms with Crippen LogP contribution < -0.4 is 5.32 Å². The Bertz CT molecular complexity index is 180. The van der Waals surface area contributed by atoms with Gasteiger partial charge in [0.1, 0.15) is 6.10 Å². The summed E-state index contributed by atoms with van der Waals surface area (Å²) >= 11 is 0. The SMILES string of the molecule is CC(C)C(CO)NCC1CCC=CO1. The quantitative estimate of drug-likeness (QED) is 0.701. The van der Waals surface area contributed by atoms with Gasteiger partial charge in [0, 0.05) is 12.6 Å². The molecule has 0 saturated heterocycles. The Kier molecular flexibility index (Phi) is 4.98. The second-order valence-corrected chi connectivity index (χ2v) is 4.15. The van der Waals surface area contributed by atoms with E-state index in [1.807, 2.05) is 6.08 Å². The number of aliphatic hydroxyl groups is 1. The van der Waals surface area contributed by atoms with Gasteiger partial charge in [0.2, 0.25) is 0 Å². The highest BCUT2D eigenvalue weighted by molar-refractivity contribution is 4.84. The van der Waals surface area contributed by atoms with Gasteiger partial charge in [-0.1, -0.05) is 13.8 Å². The fourth-order valence-corrected chi connectivity index (χ4v) is 1.53. The summed E-state index contributed by atoms with van der Waals surface area (Å²) in [7, 11) is 0. The number of ether oxygens (including phenoxy) is 1. The van der Waals surface area contributed by atoms with E-state index in [0.29, 0.717) is 5.92 Å². The third kappa shape index (κ3) is 3.68. The first-order valence-electron chi connectivity index (χ1n) is 5.38. The molecule has 0 aromatic heterocycles. The topological polar surface area (TPSA) is 41.5 Å². The first-order valence-corrected chi connectivity index (χ1v) is 5.38. The van der Waals surface area contributed by atoms with Crippen molar-refractivity contribution in [3.05, 3.63) is 12.3 Å². The number of hydrogen-bond acceptors (Lipinski definition) is 3. The zero-order chi connectivity index (χ0) is 10.4. The van der Waals surface area contributed by atoms with E-state index < -0.39 is 0 Å². The molecule has 0 bridgehead atoms. The van der Waals surface area contributed by atoms with Gasteiger partial charge in [-0.2, -0.15) is 0 Å². The summed E-state index contributed by atoms with van der Waals surface area (Å²) in [6.07, 6.45) is 6.26. The van der Waals surface area contributed by atoms with Crippen LogP contribution in [0.4, 0.5) is 0 Å². The van der Waals surface area contributed by atoms with Crippen LogP contribution in [0.15, 0.2) is 12.3 Å². The van der Waals surface area contributed by atoms with Crippen LogP contribution in [0.2, 0.25) is 0 Å². The van der Waals surface area contributed by atoms with Crippen molar-refractivity contribution in [1.29, 1.82) is 0 Å². The lowest BCUT2D eigenvalue weighted by atomic mass is 10.0. The predicted molar refractivity (Wildman–Crippen MR) is 57.0 cm³/mol. The van der Waals surface area contributed by atoms with Gasteiger partial charge in [-0.3, -0.25) is 0 Å². The molecule has 1 rings (SSSR count). The summed E-state index contributed by atoms with van der Waals surface area (Å²) in [5.74, 6) is 0.458. The Morgan fingerprint density at radius 2 is 2.36 bits per heavy atom. The average molecular weight is 199 g/mol. The molecule has 1 aliphatic heterocycles. The van der Waals surface area contributed by atoms with Crippen molar-refractivity contribution in [3.63, 3.8) is 0 Å². The Morgan fingerprint density at radius 3 is 2.86 bits per heavy atom. The molecule has 1 aliphatic rings. The first kappa shape index (κ1) is 11.5. The monoisotopic (exact) mass is 199 g/mol. The zero-order valence-electron chi connectivity index (χ0n) is 9.07. The van der Waals surface area contributed by atoms with Crippen LogP contribution in [0.3, 0.4) is 0 Å². The number of hydrogen-bond donors (Lipinski definition) is 2. The molecule has 0 spiro atoms. The molecule has 3 nitrogen and oxygen atoms in total. The Hall–Kier alpha value is -0.540. The van der Waals surface area contributed by atoms with Crippen molar-refractivity contribution in [2.24, 2.45) is 5.92 Å². The molecule has 0 aromatic carbocycles. The van der Waals surface area contributed by atoms with Crippen LogP contribution in [0.25, 0.3) is 0 Å². The molecule has 0 radical (unpaired) electrons. The highest BCUT2D eigenvalue weighted by Crippen LogP contribution is 2.10. The van der Waals surface area contributed by atoms with Gasteiger partial charge < -0.3 is 15.2 Å². The minimum atomic E-state index is 0.185. The van der Waals surface area contributed by atoms with Gasteiger partial charge in [-0.15, -0.1) is 0 Å². The summed E-state index contributed by atoms with van der Waals surface area (Å²) in [6.45, 7) is 5.24. The smallest absolute Gasteiger partial charge is 0.110 e. The maximum atomic E-state index is 9.11. The third-order valence-electron chi connectivity index (χ3n) is 2.63. The van der Waals surface area contributed by atoms with E-state index in [-0.39, 0.29) is 18.8 Å². The van der Waals surface area contributed by atoms with Crippen molar-refractivity contribution in [2.45, 2.75) is 38.8 Å². The fraction of sp³-hybridized carbons (Fsp3) is 0.818. The molecule has 0 aliphatic carbocycles. The first-order chi connectivity index (χ1) is 6.74. The van der Waals surface area contributed by atoms with Crippen molar-refractivity contribution in [1.82, 2.24) is 5.32 Å². The molecule has 82 valence electrons. The van der Waals surface area contributed by atoms with E-state index in [1.54, 1.807) is 6.26 Å². The van der Waals surface area contributed by atoms with Crippen molar-refractivity contribution in [2.75, 3.05) is 13.2 Å². The van der Waals surface area contributed by atoms with Gasteiger partial charge in [0.15, 0.2) is 0 Å². The second-order valence-electron chi connectivity index (χ2n) is 4.15. The van der Waals surface area contributed by atoms with Crippen LogP contribution in [0.5, 0.6) is 0 Å². The van der Waals surface area contributed by atoms with Gasteiger partial charge in [-0.05, 0) is 24.8 Å². The fourth-order valence-electron chi connectivity index (χ4n) is 1.53. The van der Waals surface area contributed by atoms with E-state index in [9.17, 15) is 0 Å². The Labute approximate surface area is 86.2 Å². The maximum Gasteiger partial charge on any atom is 0.110 e. The number of rotatable bonds is 5. The van der Waals surface area contributed by atoms with E-state index in [2.05, 4.69) is 19.2 Å². The molecule has 14 heavy (non-hydrogen) atoms. The minimum absolute atomic E-state index is 0.185. The van der Waals surface area contributed by atoms with E-state index in [0.717, 1.165) is 19.4 Å². The van der Waals surface area contributed by atoms with Crippen LogP contribution in [-0.4, -0.2) is 30.4 Å². The molecule has 1 heterocycles. The summed E-state index contributed by atoms with van der Waals surface area (Å²) in [5, 5.41) is 12.4. The molecule has 2 N–H and O–H groups in total. The van der Waals surface area contributed by atoms with E-state index in [4.69, 9.17) is 9.84 Å². The summed E-state index contributed by atoms with van der Waals surface area (Å²) in [5.41, 5.74) is 0. The van der Waals surface area contributed by atoms with Gasteiger partial charge in [0.05, 0.1) is 12.9 Å². The number of allylic oxidation sites excluding steroid dienone is 1. The molecular weight excluding hydrogens is 178 g/mol. The normalized spacial score (nSPS) is 23.6. The second kappa shape index (κ2) is 6.04. The lowest BCUT2D eigenvalue weighted by molar-refractivity contribution is 0.109. The predicted octanol–water partition coefficient (Wildman–Crippen LogP) is 1.29. The number of nitrogens with one attached hydrogen (secondary N) is 1. The number of aliphatic hydroxyl groups excluding tert-OH is 1. The zero-order valence-corrected chi connectivity index (χ0v) is 9.07. The third-order valence-corrected chi connectivity index (χ3v) is 2.63. The summed E-state index contributed by atoms with van der Waals surface area (Å²) in [4.78, 5) is 0. The standard InChI is InChI=1S/C11H21NO2/c1-9(2)11(8-13)12-7-10-5-3-4-6-14-10/h4,6,9-13H,3,5,7-8H2,1-2H3. The molecular formula is C11H21NO2. The van der Waals surface area contributed by atoms with Crippen LogP contribution >= 0.6 is 0 Å². The molecule has 2 unspecified atom stereocenters. The Balaban J connectivity index is 2.20. The molecule has 0 fully saturated rings. The average Bonchev–Trinajstić information content (AvgIpc) is 2.20. The molecule has 0 saturated carbocycles. The molecule has 0 amide bonds. The van der Waals surface area contributed by atoms with Crippen molar-refractivity contribution < 1.29 is 9.84 Å². The molecule has 0 aromatic rings. The lowest BCUT2D eigenvalue weighted by Gasteiger charge is -2.25. The van der Waals surface area contributed by atoms with Crippen LogP contribution in [0, 0.1) is 5.92 Å². The van der Waals surface area contributed by atoms with Crippen molar-refractivity contribution in [3.8, 4) is 0 Å². The maximum absolute atomic E-state index is 9.11. The van der Waals surface area contributed by atoms with Gasteiger partial charge in [0.25, 0.3) is 0 Å². The van der Waals surface area contributed by atoms with Crippen LogP contribution in [0.1, 0.15) is 26.7 Å². The molecule has 3 heteroatoms. The minimum Gasteiger partial charge on any atom is -0.497 e. The molecule has 2 atom stereocenters. The summed E-state index contributed by atoms with van der Waals surface area (Å²) < 4.78 is 5.43. The largest absolute Gasteiger partial charge is 0.497 e. The Morgan fingerprint density at radius 1 is 1.57 bits per heavy atom. The highest BCUT2D eigenvalue weighted by Gasteiger charge is 2.15. The lowest BCUT2D eigenvalue weighted by Crippen LogP contribution is -2.41. The van der Waals surface area contributed by atoms with E-state index >= 15 is 0 Å². The summed E-state index contributed by atoms with van der Waals surface area (Å²) in [6, 6.07) is 0.185. The highest BCUT2D eigenvalue weighted by atomic mass is 16.5. The van der Waals surface area contributed by atoms with Crippen LogP contribution in [-0.2, 0) is 4.74 Å². The van der Waals surface area contributed by atoms with E-state index in [1.165, 1.54) is 0 Å². The van der Waals surface area contributed by atoms with Crippen molar-refractivity contribution >= 4 is 0 Å². The van der Waals surface area contributed by atoms with Gasteiger partial charge >= 0.3 is 0 Å². The van der Waals surface area contributed by atoms with Gasteiger partial charge in [-0.25, -0.2) is 0 Å².